The predicted octanol–water partition coefficient (Wildman–Crippen LogP) is 2.26. The van der Waals surface area contributed by atoms with Gasteiger partial charge in [-0.2, -0.15) is 5.26 Å². The molecule has 1 atom stereocenters. The predicted molar refractivity (Wildman–Crippen MR) is 59.6 cm³/mol. The summed E-state index contributed by atoms with van der Waals surface area (Å²) in [5.41, 5.74) is 1.20. The summed E-state index contributed by atoms with van der Waals surface area (Å²) in [4.78, 5) is 0. The van der Waals surface area contributed by atoms with E-state index in [0.29, 0.717) is 6.42 Å². The Morgan fingerprint density at radius 2 is 2.07 bits per heavy atom. The molecule has 0 aromatic heterocycles. The number of ether oxygens (including phenoxy) is 1. The molecule has 0 fully saturated rings. The van der Waals surface area contributed by atoms with Gasteiger partial charge in [0.1, 0.15) is 5.75 Å². The average Bonchev–Trinajstić information content (AvgIpc) is 2.29. The molecule has 80 valence electrons. The highest BCUT2D eigenvalue weighted by molar-refractivity contribution is 5.28. The van der Waals surface area contributed by atoms with Crippen molar-refractivity contribution in [2.45, 2.75) is 19.4 Å². The van der Waals surface area contributed by atoms with Crippen molar-refractivity contribution in [1.29, 1.82) is 5.26 Å². The van der Waals surface area contributed by atoms with Gasteiger partial charge in [0, 0.05) is 19.0 Å². The Kier molecular flexibility index (Phi) is 4.65. The van der Waals surface area contributed by atoms with Crippen LogP contribution in [0.1, 0.15) is 24.9 Å². The monoisotopic (exact) mass is 204 g/mol. The maximum atomic E-state index is 8.41. The zero-order chi connectivity index (χ0) is 11.1. The molecule has 0 radical (unpaired) electrons. The van der Waals surface area contributed by atoms with Crippen molar-refractivity contribution < 1.29 is 4.74 Å². The Balaban J connectivity index is 2.51. The minimum Gasteiger partial charge on any atom is -0.497 e. The Labute approximate surface area is 90.7 Å². The van der Waals surface area contributed by atoms with Gasteiger partial charge in [0.25, 0.3) is 0 Å². The average molecular weight is 204 g/mol. The molecule has 1 unspecified atom stereocenters. The summed E-state index contributed by atoms with van der Waals surface area (Å²) < 4.78 is 5.08. The highest BCUT2D eigenvalue weighted by atomic mass is 16.5. The zero-order valence-corrected chi connectivity index (χ0v) is 9.16. The molecule has 0 amide bonds. The molecule has 0 heterocycles. The van der Waals surface area contributed by atoms with E-state index in [4.69, 9.17) is 10.00 Å². The van der Waals surface area contributed by atoms with E-state index < -0.39 is 0 Å². The van der Waals surface area contributed by atoms with Crippen molar-refractivity contribution >= 4 is 0 Å². The molecule has 0 bridgehead atoms. The van der Waals surface area contributed by atoms with Gasteiger partial charge >= 0.3 is 0 Å². The summed E-state index contributed by atoms with van der Waals surface area (Å²) in [7, 11) is 1.66. The second-order valence-corrected chi connectivity index (χ2v) is 3.36. The summed E-state index contributed by atoms with van der Waals surface area (Å²) in [6, 6.07) is 10.3. The first-order chi connectivity index (χ1) is 7.27. The lowest BCUT2D eigenvalue weighted by molar-refractivity contribution is 0.414. The van der Waals surface area contributed by atoms with Crippen LogP contribution in [0.4, 0.5) is 0 Å². The number of nitrogens with zero attached hydrogens (tertiary/aromatic N) is 1. The number of hydrogen-bond donors (Lipinski definition) is 1. The van der Waals surface area contributed by atoms with E-state index in [1.165, 1.54) is 5.56 Å². The van der Waals surface area contributed by atoms with Gasteiger partial charge in [0.05, 0.1) is 13.2 Å². The van der Waals surface area contributed by atoms with Crippen molar-refractivity contribution in [3.63, 3.8) is 0 Å². The second kappa shape index (κ2) is 6.05. The van der Waals surface area contributed by atoms with Crippen LogP contribution in [0.25, 0.3) is 0 Å². The number of nitrogens with one attached hydrogen (secondary N) is 1. The van der Waals surface area contributed by atoms with Gasteiger partial charge in [-0.1, -0.05) is 12.1 Å². The van der Waals surface area contributed by atoms with Crippen LogP contribution in [0, 0.1) is 11.3 Å². The van der Waals surface area contributed by atoms with Crippen LogP contribution in [0.2, 0.25) is 0 Å². The summed E-state index contributed by atoms with van der Waals surface area (Å²) >= 11 is 0. The number of benzene rings is 1. The highest BCUT2D eigenvalue weighted by Crippen LogP contribution is 2.16. The summed E-state index contributed by atoms with van der Waals surface area (Å²) in [5, 5.41) is 11.7. The van der Waals surface area contributed by atoms with Gasteiger partial charge in [-0.15, -0.1) is 0 Å². The first-order valence-corrected chi connectivity index (χ1v) is 5.02. The van der Waals surface area contributed by atoms with Gasteiger partial charge < -0.3 is 10.1 Å². The Hall–Kier alpha value is -1.53. The van der Waals surface area contributed by atoms with E-state index in [0.717, 1.165) is 12.3 Å². The summed E-state index contributed by atoms with van der Waals surface area (Å²) in [5.74, 6) is 0.864. The number of nitriles is 1. The van der Waals surface area contributed by atoms with Crippen LogP contribution in [0.15, 0.2) is 24.3 Å². The van der Waals surface area contributed by atoms with Crippen LogP contribution >= 0.6 is 0 Å². The zero-order valence-electron chi connectivity index (χ0n) is 9.16. The molecule has 0 spiro atoms. The molecule has 0 aliphatic rings. The lowest BCUT2D eigenvalue weighted by atomic mass is 10.1. The van der Waals surface area contributed by atoms with Crippen LogP contribution in [-0.4, -0.2) is 13.7 Å². The second-order valence-electron chi connectivity index (χ2n) is 3.36. The van der Waals surface area contributed by atoms with E-state index in [2.05, 4.69) is 18.3 Å². The third kappa shape index (κ3) is 3.61. The third-order valence-corrected chi connectivity index (χ3v) is 2.30. The molecule has 0 aliphatic carbocycles. The van der Waals surface area contributed by atoms with Gasteiger partial charge in [-0.05, 0) is 24.6 Å². The number of methoxy groups -OCH3 is 1. The van der Waals surface area contributed by atoms with Crippen molar-refractivity contribution in [2.75, 3.05) is 13.7 Å². The quantitative estimate of drug-likeness (QED) is 0.748. The SMILES string of the molecule is COc1ccc(C(C)NCCC#N)cc1. The Morgan fingerprint density at radius 3 is 2.60 bits per heavy atom. The van der Waals surface area contributed by atoms with E-state index >= 15 is 0 Å². The van der Waals surface area contributed by atoms with Gasteiger partial charge in [0.15, 0.2) is 0 Å². The fourth-order valence-electron chi connectivity index (χ4n) is 1.36. The molecule has 15 heavy (non-hydrogen) atoms. The van der Waals surface area contributed by atoms with Crippen molar-refractivity contribution in [1.82, 2.24) is 5.32 Å². The molecule has 1 N–H and O–H groups in total. The first-order valence-electron chi connectivity index (χ1n) is 5.02. The highest BCUT2D eigenvalue weighted by Gasteiger charge is 2.03. The molecular formula is C12H16N2O. The van der Waals surface area contributed by atoms with E-state index in [1.54, 1.807) is 7.11 Å². The largest absolute Gasteiger partial charge is 0.497 e. The number of rotatable bonds is 5. The smallest absolute Gasteiger partial charge is 0.118 e. The molecular weight excluding hydrogens is 188 g/mol. The van der Waals surface area contributed by atoms with Crippen molar-refractivity contribution in [3.05, 3.63) is 29.8 Å². The fourth-order valence-corrected chi connectivity index (χ4v) is 1.36. The van der Waals surface area contributed by atoms with Crippen molar-refractivity contribution in [3.8, 4) is 11.8 Å². The number of hydrogen-bond acceptors (Lipinski definition) is 3. The Bertz CT molecular complexity index is 326. The molecule has 1 rings (SSSR count). The topological polar surface area (TPSA) is 45.0 Å². The molecule has 3 nitrogen and oxygen atoms in total. The maximum Gasteiger partial charge on any atom is 0.118 e. The summed E-state index contributed by atoms with van der Waals surface area (Å²) in [6.45, 7) is 2.81. The normalized spacial score (nSPS) is 11.8. The van der Waals surface area contributed by atoms with Crippen LogP contribution in [0.5, 0.6) is 5.75 Å². The first kappa shape index (κ1) is 11.5. The molecule has 0 saturated heterocycles. The summed E-state index contributed by atoms with van der Waals surface area (Å²) in [6.07, 6.45) is 0.542. The molecule has 0 saturated carbocycles. The van der Waals surface area contributed by atoms with Crippen LogP contribution in [-0.2, 0) is 0 Å². The van der Waals surface area contributed by atoms with Crippen molar-refractivity contribution in [2.24, 2.45) is 0 Å². The third-order valence-electron chi connectivity index (χ3n) is 2.30. The molecule has 1 aromatic rings. The fraction of sp³-hybridized carbons (Fsp3) is 0.417. The maximum absolute atomic E-state index is 8.41. The van der Waals surface area contributed by atoms with Gasteiger partial charge in [0.2, 0.25) is 0 Å². The molecule has 0 aliphatic heterocycles. The van der Waals surface area contributed by atoms with E-state index in [-0.39, 0.29) is 6.04 Å². The van der Waals surface area contributed by atoms with E-state index in [1.807, 2.05) is 24.3 Å². The van der Waals surface area contributed by atoms with Crippen LogP contribution < -0.4 is 10.1 Å². The van der Waals surface area contributed by atoms with Crippen LogP contribution in [0.3, 0.4) is 0 Å². The van der Waals surface area contributed by atoms with Gasteiger partial charge in [-0.25, -0.2) is 0 Å². The standard InChI is InChI=1S/C12H16N2O/c1-10(14-9-3-8-13)11-4-6-12(15-2)7-5-11/h4-7,10,14H,3,9H2,1-2H3. The molecule has 1 aromatic carbocycles. The Morgan fingerprint density at radius 1 is 1.40 bits per heavy atom. The van der Waals surface area contributed by atoms with Gasteiger partial charge in [-0.3, -0.25) is 0 Å². The minimum absolute atomic E-state index is 0.268. The lowest BCUT2D eigenvalue weighted by Gasteiger charge is -2.13. The lowest BCUT2D eigenvalue weighted by Crippen LogP contribution is -2.19. The molecule has 3 heteroatoms. The minimum atomic E-state index is 0.268. The van der Waals surface area contributed by atoms with E-state index in [9.17, 15) is 0 Å².